The highest BCUT2D eigenvalue weighted by atomic mass is 35.5. The lowest BCUT2D eigenvalue weighted by Crippen LogP contribution is -2.42. The molecule has 2 aromatic rings. The second-order valence-electron chi connectivity index (χ2n) is 9.71. The SMILES string of the molecule is CC(CCC(=O)Nc1ccc(N2CCC(O)(c3ccc(Cl)cc3)CC2)cc1)CNS(=O)(=O)C(C)C. The van der Waals surface area contributed by atoms with Crippen LogP contribution in [0.1, 0.15) is 52.0 Å². The number of halogens is 1. The van der Waals surface area contributed by atoms with Gasteiger partial charge in [-0.2, -0.15) is 0 Å². The number of nitrogens with zero attached hydrogens (tertiary/aromatic N) is 1. The highest BCUT2D eigenvalue weighted by Gasteiger charge is 2.34. The third-order valence-electron chi connectivity index (χ3n) is 6.61. The van der Waals surface area contributed by atoms with Crippen molar-refractivity contribution in [3.63, 3.8) is 0 Å². The minimum atomic E-state index is -3.29. The van der Waals surface area contributed by atoms with E-state index < -0.39 is 20.9 Å². The van der Waals surface area contributed by atoms with E-state index in [2.05, 4.69) is 14.9 Å². The Morgan fingerprint density at radius 1 is 1.06 bits per heavy atom. The number of amides is 1. The van der Waals surface area contributed by atoms with E-state index in [0.717, 1.165) is 30.0 Å². The lowest BCUT2D eigenvalue weighted by atomic mass is 9.84. The van der Waals surface area contributed by atoms with Crippen LogP contribution >= 0.6 is 11.6 Å². The van der Waals surface area contributed by atoms with E-state index in [1.54, 1.807) is 13.8 Å². The Balaban J connectivity index is 1.44. The number of carbonyl (C=O) groups excluding carboxylic acids is 1. The van der Waals surface area contributed by atoms with Crippen LogP contribution in [-0.2, 0) is 20.4 Å². The van der Waals surface area contributed by atoms with Gasteiger partial charge in [0.25, 0.3) is 0 Å². The van der Waals surface area contributed by atoms with Crippen LogP contribution in [0.5, 0.6) is 0 Å². The van der Waals surface area contributed by atoms with Crippen molar-refractivity contribution < 1.29 is 18.3 Å². The van der Waals surface area contributed by atoms with E-state index in [1.807, 2.05) is 55.5 Å². The monoisotopic (exact) mass is 521 g/mol. The van der Waals surface area contributed by atoms with Crippen molar-refractivity contribution in [1.82, 2.24) is 4.72 Å². The van der Waals surface area contributed by atoms with E-state index in [0.29, 0.717) is 37.3 Å². The van der Waals surface area contributed by atoms with Crippen molar-refractivity contribution >= 4 is 38.9 Å². The molecule has 1 saturated heterocycles. The Labute approximate surface area is 213 Å². The number of piperidine rings is 1. The third kappa shape index (κ3) is 7.67. The van der Waals surface area contributed by atoms with Gasteiger partial charge >= 0.3 is 0 Å². The fraction of sp³-hybridized carbons (Fsp3) is 0.500. The van der Waals surface area contributed by atoms with Gasteiger partial charge < -0.3 is 15.3 Å². The molecular weight excluding hydrogens is 486 g/mol. The number of anilines is 2. The van der Waals surface area contributed by atoms with Gasteiger partial charge in [-0.25, -0.2) is 13.1 Å². The molecule has 1 heterocycles. The molecule has 2 aromatic carbocycles. The molecule has 0 aromatic heterocycles. The van der Waals surface area contributed by atoms with Crippen LogP contribution in [0, 0.1) is 5.92 Å². The van der Waals surface area contributed by atoms with Gasteiger partial charge in [-0.3, -0.25) is 4.79 Å². The van der Waals surface area contributed by atoms with Gasteiger partial charge in [0.1, 0.15) is 0 Å². The Kier molecular flexibility index (Phi) is 9.21. The molecule has 35 heavy (non-hydrogen) atoms. The largest absolute Gasteiger partial charge is 0.385 e. The summed E-state index contributed by atoms with van der Waals surface area (Å²) in [4.78, 5) is 14.6. The smallest absolute Gasteiger partial charge is 0.224 e. The quantitative estimate of drug-likeness (QED) is 0.427. The topological polar surface area (TPSA) is 98.7 Å². The van der Waals surface area contributed by atoms with Crippen LogP contribution in [0.3, 0.4) is 0 Å². The van der Waals surface area contributed by atoms with Crippen LogP contribution < -0.4 is 14.9 Å². The minimum absolute atomic E-state index is 0.0577. The van der Waals surface area contributed by atoms with Crippen molar-refractivity contribution in [2.75, 3.05) is 29.9 Å². The number of rotatable bonds is 10. The highest BCUT2D eigenvalue weighted by molar-refractivity contribution is 7.90. The summed E-state index contributed by atoms with van der Waals surface area (Å²) in [6, 6.07) is 15.1. The van der Waals surface area contributed by atoms with Crippen LogP contribution in [0.2, 0.25) is 5.02 Å². The fourth-order valence-electron chi connectivity index (χ4n) is 4.07. The molecule has 3 N–H and O–H groups in total. The average Bonchev–Trinajstić information content (AvgIpc) is 2.83. The number of benzene rings is 2. The molecule has 0 radical (unpaired) electrons. The molecule has 1 fully saturated rings. The molecular formula is C26H36ClN3O4S. The molecule has 1 aliphatic heterocycles. The summed E-state index contributed by atoms with van der Waals surface area (Å²) in [6.45, 7) is 6.98. The number of hydrogen-bond donors (Lipinski definition) is 3. The molecule has 7 nitrogen and oxygen atoms in total. The summed E-state index contributed by atoms with van der Waals surface area (Å²) in [6.07, 6.45) is 2.16. The predicted molar refractivity (Wildman–Crippen MR) is 142 cm³/mol. The van der Waals surface area contributed by atoms with Crippen molar-refractivity contribution in [3.8, 4) is 0 Å². The zero-order valence-electron chi connectivity index (χ0n) is 20.6. The summed E-state index contributed by atoms with van der Waals surface area (Å²) >= 11 is 5.97. The van der Waals surface area contributed by atoms with Gasteiger partial charge in [0.05, 0.1) is 10.9 Å². The highest BCUT2D eigenvalue weighted by Crippen LogP contribution is 2.35. The third-order valence-corrected chi connectivity index (χ3v) is 8.67. The number of sulfonamides is 1. The molecule has 1 unspecified atom stereocenters. The Bertz CT molecular complexity index is 1080. The average molecular weight is 522 g/mol. The number of hydrogen-bond acceptors (Lipinski definition) is 5. The van der Waals surface area contributed by atoms with Gasteiger partial charge in [-0.05, 0) is 81.0 Å². The van der Waals surface area contributed by atoms with E-state index >= 15 is 0 Å². The number of aliphatic hydroxyl groups is 1. The van der Waals surface area contributed by atoms with Crippen molar-refractivity contribution in [2.45, 2.75) is 57.3 Å². The normalized spacial score (nSPS) is 16.8. The molecule has 192 valence electrons. The van der Waals surface area contributed by atoms with Gasteiger partial charge in [0.15, 0.2) is 0 Å². The van der Waals surface area contributed by atoms with Crippen LogP contribution in [-0.4, -0.2) is 44.3 Å². The molecule has 0 saturated carbocycles. The summed E-state index contributed by atoms with van der Waals surface area (Å²) in [5.41, 5.74) is 1.82. The molecule has 0 spiro atoms. The van der Waals surface area contributed by atoms with Gasteiger partial charge in [0.2, 0.25) is 15.9 Å². The van der Waals surface area contributed by atoms with Crippen molar-refractivity contribution in [2.24, 2.45) is 5.92 Å². The maximum Gasteiger partial charge on any atom is 0.224 e. The predicted octanol–water partition coefficient (Wildman–Crippen LogP) is 4.51. The zero-order valence-corrected chi connectivity index (χ0v) is 22.2. The second kappa shape index (κ2) is 11.7. The molecule has 3 rings (SSSR count). The van der Waals surface area contributed by atoms with Crippen LogP contribution in [0.15, 0.2) is 48.5 Å². The van der Waals surface area contributed by atoms with Crippen LogP contribution in [0.4, 0.5) is 11.4 Å². The first kappa shape index (κ1) is 27.5. The fourth-order valence-corrected chi connectivity index (χ4v) is 5.04. The Morgan fingerprint density at radius 3 is 2.23 bits per heavy atom. The van der Waals surface area contributed by atoms with E-state index in [9.17, 15) is 18.3 Å². The zero-order chi connectivity index (χ0) is 25.6. The van der Waals surface area contributed by atoms with Gasteiger partial charge in [-0.1, -0.05) is 30.7 Å². The van der Waals surface area contributed by atoms with Gasteiger partial charge in [0, 0.05) is 42.5 Å². The Morgan fingerprint density at radius 2 is 1.66 bits per heavy atom. The Hall–Kier alpha value is -2.13. The maximum atomic E-state index is 12.3. The second-order valence-corrected chi connectivity index (χ2v) is 12.5. The molecule has 0 aliphatic carbocycles. The first-order valence-corrected chi connectivity index (χ1v) is 14.0. The standard InChI is InChI=1S/C26H36ClN3O4S/c1-19(2)35(33,34)28-18-20(3)4-13-25(31)29-23-9-11-24(12-10-23)30-16-14-26(32,15-17-30)21-5-7-22(27)8-6-21/h5-12,19-20,28,32H,4,13-18H2,1-3H3,(H,29,31). The van der Waals surface area contributed by atoms with E-state index in [4.69, 9.17) is 11.6 Å². The minimum Gasteiger partial charge on any atom is -0.385 e. The van der Waals surface area contributed by atoms with Crippen LogP contribution in [0.25, 0.3) is 0 Å². The maximum absolute atomic E-state index is 12.3. The van der Waals surface area contributed by atoms with Crippen molar-refractivity contribution in [1.29, 1.82) is 0 Å². The summed E-state index contributed by atoms with van der Waals surface area (Å²) in [5, 5.41) is 14.2. The first-order chi connectivity index (χ1) is 16.5. The number of nitrogens with one attached hydrogen (secondary N) is 2. The molecule has 1 aliphatic rings. The molecule has 1 atom stereocenters. The summed E-state index contributed by atoms with van der Waals surface area (Å²) in [5.74, 6) is -0.0374. The molecule has 0 bridgehead atoms. The first-order valence-electron chi connectivity index (χ1n) is 12.1. The molecule has 1 amide bonds. The lowest BCUT2D eigenvalue weighted by molar-refractivity contribution is -0.116. The molecule has 9 heteroatoms. The van der Waals surface area contributed by atoms with E-state index in [1.165, 1.54) is 0 Å². The van der Waals surface area contributed by atoms with Crippen molar-refractivity contribution in [3.05, 3.63) is 59.1 Å². The summed E-state index contributed by atoms with van der Waals surface area (Å²) < 4.78 is 26.3. The van der Waals surface area contributed by atoms with E-state index in [-0.39, 0.29) is 11.8 Å². The lowest BCUT2D eigenvalue weighted by Gasteiger charge is -2.39. The summed E-state index contributed by atoms with van der Waals surface area (Å²) in [7, 11) is -3.29. The van der Waals surface area contributed by atoms with Gasteiger partial charge in [-0.15, -0.1) is 0 Å². The number of carbonyl (C=O) groups is 1.